The molecule has 3 nitrogen and oxygen atoms in total. The molecule has 1 heterocycles. The van der Waals surface area contributed by atoms with E-state index in [1.807, 2.05) is 12.1 Å². The Kier molecular flexibility index (Phi) is 7.42. The van der Waals surface area contributed by atoms with Crippen LogP contribution in [-0.2, 0) is 13.6 Å². The number of benzene rings is 2. The normalized spacial score (nSPS) is 24.0. The maximum atomic E-state index is 6.27. The molecule has 0 aliphatic heterocycles. The molecule has 4 saturated carbocycles. The van der Waals surface area contributed by atoms with Crippen molar-refractivity contribution < 1.29 is 9.30 Å². The summed E-state index contributed by atoms with van der Waals surface area (Å²) < 4.78 is 10.5. The fraction of sp³-hybridized carbons (Fsp3) is 0.485. The molecule has 0 N–H and O–H groups in total. The Morgan fingerprint density at radius 3 is 2.08 bits per heavy atom. The Hall–Kier alpha value is -2.52. The third-order valence-electron chi connectivity index (χ3n) is 8.99. The lowest BCUT2D eigenvalue weighted by atomic mass is 9.53. The number of halogens is 1. The number of allylic oxidation sites excluding steroid dienone is 1. The lowest BCUT2D eigenvalue weighted by Gasteiger charge is -2.52. The van der Waals surface area contributed by atoms with Gasteiger partial charge in [-0.2, -0.15) is 0 Å². The van der Waals surface area contributed by atoms with Crippen LogP contribution in [-0.4, -0.2) is 11.2 Å². The number of nitrogens with zero attached hydrogens (tertiary/aromatic N) is 2. The Bertz CT molecular complexity index is 1190. The van der Waals surface area contributed by atoms with Crippen LogP contribution in [0.3, 0.4) is 0 Å². The maximum Gasteiger partial charge on any atom is 0.243 e. The van der Waals surface area contributed by atoms with Crippen LogP contribution in [0.4, 0.5) is 0 Å². The summed E-state index contributed by atoms with van der Waals surface area (Å²) in [7, 11) is 2.07. The van der Waals surface area contributed by atoms with E-state index in [4.69, 9.17) is 16.3 Å². The first kappa shape index (κ1) is 24.8. The second kappa shape index (κ2) is 11.1. The monoisotopic (exact) mass is 515 g/mol. The highest BCUT2D eigenvalue weighted by Gasteiger charge is 2.46. The largest absolute Gasteiger partial charge is 0.494 e. The van der Waals surface area contributed by atoms with E-state index in [0.29, 0.717) is 0 Å². The Morgan fingerprint density at radius 2 is 1.46 bits per heavy atom. The van der Waals surface area contributed by atoms with E-state index in [1.54, 1.807) is 5.57 Å². The Morgan fingerprint density at radius 1 is 0.838 bits per heavy atom. The van der Waals surface area contributed by atoms with Gasteiger partial charge in [-0.1, -0.05) is 41.4 Å². The summed E-state index contributed by atoms with van der Waals surface area (Å²) >= 11 is 6.27. The molecule has 194 valence electrons. The zero-order valence-electron chi connectivity index (χ0n) is 22.1. The number of rotatable bonds is 10. The van der Waals surface area contributed by atoms with E-state index in [2.05, 4.69) is 71.3 Å². The number of hydrogen-bond donors (Lipinski definition) is 0. The minimum Gasteiger partial charge on any atom is -0.494 e. The molecule has 4 fully saturated rings. The topological polar surface area (TPSA) is 18.0 Å². The smallest absolute Gasteiger partial charge is 0.243 e. The zero-order chi connectivity index (χ0) is 25.2. The summed E-state index contributed by atoms with van der Waals surface area (Å²) in [5.74, 6) is 4.43. The third-order valence-corrected chi connectivity index (χ3v) is 9.24. The minimum atomic E-state index is 0.762. The molecule has 3 aromatic rings. The van der Waals surface area contributed by atoms with Gasteiger partial charge in [0.05, 0.1) is 20.2 Å². The molecule has 4 heteroatoms. The van der Waals surface area contributed by atoms with Gasteiger partial charge in [0.25, 0.3) is 0 Å². The minimum absolute atomic E-state index is 0.762. The van der Waals surface area contributed by atoms with Crippen LogP contribution in [0.15, 0.2) is 72.8 Å². The van der Waals surface area contributed by atoms with Gasteiger partial charge in [0.15, 0.2) is 0 Å². The molecule has 0 unspecified atom stereocenters. The first-order valence-corrected chi connectivity index (χ1v) is 14.7. The van der Waals surface area contributed by atoms with Gasteiger partial charge in [0.2, 0.25) is 6.33 Å². The molecule has 4 bridgehead atoms. The fourth-order valence-electron chi connectivity index (χ4n) is 7.51. The second-order valence-electron chi connectivity index (χ2n) is 11.7. The molecule has 0 atom stereocenters. The van der Waals surface area contributed by atoms with Crippen molar-refractivity contribution in [3.05, 3.63) is 89.0 Å². The summed E-state index contributed by atoms with van der Waals surface area (Å²) in [5, 5.41) is 0.806. The molecule has 7 rings (SSSR count). The number of ether oxygens (including phenoxy) is 1. The van der Waals surface area contributed by atoms with Crippen molar-refractivity contribution in [2.45, 2.75) is 64.3 Å². The number of hydrogen-bond acceptors (Lipinski definition) is 1. The maximum absolute atomic E-state index is 6.27. The average molecular weight is 516 g/mol. The first-order chi connectivity index (χ1) is 18.1. The highest BCUT2D eigenvalue weighted by atomic mass is 35.5. The second-order valence-corrected chi connectivity index (χ2v) is 12.2. The highest BCUT2D eigenvalue weighted by molar-refractivity contribution is 6.30. The van der Waals surface area contributed by atoms with Gasteiger partial charge in [-0.15, -0.1) is 0 Å². The van der Waals surface area contributed by atoms with Gasteiger partial charge >= 0.3 is 0 Å². The van der Waals surface area contributed by atoms with Crippen molar-refractivity contribution in [2.75, 3.05) is 6.61 Å². The van der Waals surface area contributed by atoms with Gasteiger partial charge in [-0.25, -0.2) is 9.13 Å². The molecule has 4 aliphatic rings. The van der Waals surface area contributed by atoms with E-state index in [1.165, 1.54) is 68.1 Å². The van der Waals surface area contributed by atoms with Gasteiger partial charge in [0.1, 0.15) is 18.1 Å². The van der Waals surface area contributed by atoms with Gasteiger partial charge in [-0.05, 0) is 122 Å². The van der Waals surface area contributed by atoms with Crippen LogP contribution >= 0.6 is 11.6 Å². The summed E-state index contributed by atoms with van der Waals surface area (Å²) in [6.45, 7) is 1.88. The van der Waals surface area contributed by atoms with E-state index < -0.39 is 0 Å². The van der Waals surface area contributed by atoms with E-state index in [-0.39, 0.29) is 0 Å². The summed E-state index contributed by atoms with van der Waals surface area (Å²) in [6.07, 6.45) is 18.2. The molecule has 0 spiro atoms. The van der Waals surface area contributed by atoms with Crippen LogP contribution in [0.2, 0.25) is 5.02 Å². The van der Waals surface area contributed by atoms with Crippen molar-refractivity contribution in [2.24, 2.45) is 30.7 Å². The standard InChI is InChI=1S/C33H40ClN2O/c1-35-15-16-36(23-35)14-4-2-3-5-17-37-31-12-8-27(9-13-31)32(26-6-10-30(34)11-7-26)33-28-19-24-18-25(21-28)22-29(33)20-24/h6-13,15-16,23-25,28-29H,2-5,14,17-22H2,1H3/q+1. The fourth-order valence-corrected chi connectivity index (χ4v) is 7.63. The van der Waals surface area contributed by atoms with Crippen LogP contribution in [0.25, 0.3) is 5.57 Å². The molecule has 2 aromatic carbocycles. The first-order valence-electron chi connectivity index (χ1n) is 14.4. The van der Waals surface area contributed by atoms with Crippen molar-refractivity contribution >= 4 is 17.2 Å². The predicted molar refractivity (Wildman–Crippen MR) is 151 cm³/mol. The number of aryl methyl sites for hydroxylation is 2. The van der Waals surface area contributed by atoms with Crippen molar-refractivity contribution in [3.63, 3.8) is 0 Å². The Balaban J connectivity index is 1.10. The summed E-state index contributed by atoms with van der Waals surface area (Å²) in [5.41, 5.74) is 5.84. The predicted octanol–water partition coefficient (Wildman–Crippen LogP) is 7.86. The summed E-state index contributed by atoms with van der Waals surface area (Å²) in [6, 6.07) is 17.4. The molecular weight excluding hydrogens is 476 g/mol. The molecule has 1 aromatic heterocycles. The molecule has 37 heavy (non-hydrogen) atoms. The molecular formula is C33H40ClN2O+. The zero-order valence-corrected chi connectivity index (χ0v) is 22.9. The molecule has 0 saturated heterocycles. The van der Waals surface area contributed by atoms with Crippen molar-refractivity contribution in [1.82, 2.24) is 4.57 Å². The third kappa shape index (κ3) is 5.67. The van der Waals surface area contributed by atoms with Crippen molar-refractivity contribution in [3.8, 4) is 5.75 Å². The van der Waals surface area contributed by atoms with Crippen LogP contribution < -0.4 is 9.30 Å². The number of unbranched alkanes of at least 4 members (excludes halogenated alkanes) is 3. The Labute approximate surface area is 227 Å². The summed E-state index contributed by atoms with van der Waals surface area (Å²) in [4.78, 5) is 0. The van der Waals surface area contributed by atoms with Gasteiger partial charge < -0.3 is 4.74 Å². The van der Waals surface area contributed by atoms with Crippen LogP contribution in [0, 0.1) is 23.7 Å². The SMILES string of the molecule is C[n+]1ccn(CCCCCCOc2ccc(C(=C3C4CC5CC(C4)CC3C5)c3ccc(Cl)cc3)cc2)c1. The lowest BCUT2D eigenvalue weighted by molar-refractivity contribution is -0.671. The quantitative estimate of drug-likeness (QED) is 0.198. The van der Waals surface area contributed by atoms with Crippen LogP contribution in [0.1, 0.15) is 68.9 Å². The molecule has 0 amide bonds. The van der Waals surface area contributed by atoms with E-state index >= 15 is 0 Å². The lowest BCUT2D eigenvalue weighted by Crippen LogP contribution is -2.40. The van der Waals surface area contributed by atoms with E-state index in [0.717, 1.165) is 54.0 Å². The van der Waals surface area contributed by atoms with E-state index in [9.17, 15) is 0 Å². The van der Waals surface area contributed by atoms with Crippen LogP contribution in [0.5, 0.6) is 5.75 Å². The van der Waals surface area contributed by atoms with Gasteiger partial charge in [0, 0.05) is 5.02 Å². The highest BCUT2D eigenvalue weighted by Crippen LogP contribution is 2.58. The number of imidazole rings is 1. The number of aromatic nitrogens is 2. The van der Waals surface area contributed by atoms with Gasteiger partial charge in [-0.3, -0.25) is 0 Å². The average Bonchev–Trinajstić information content (AvgIpc) is 3.31. The molecule has 0 radical (unpaired) electrons. The molecule has 4 aliphatic carbocycles. The van der Waals surface area contributed by atoms with Crippen molar-refractivity contribution in [1.29, 1.82) is 0 Å².